The summed E-state index contributed by atoms with van der Waals surface area (Å²) in [5, 5.41) is 46.2. The van der Waals surface area contributed by atoms with Crippen LogP contribution in [0.3, 0.4) is 0 Å². The molecule has 0 saturated carbocycles. The highest BCUT2D eigenvalue weighted by molar-refractivity contribution is 6.92. The molecule has 0 aromatic heterocycles. The number of aliphatic carboxylic acids is 6. The molecular weight excluding hydrogens is 362 g/mol. The molecule has 0 aromatic carbocycles. The van der Waals surface area contributed by atoms with E-state index in [0.29, 0.717) is 0 Å². The Kier molecular flexibility index (Phi) is 27.9. The molecule has 0 spiro atoms. The first-order valence-corrected chi connectivity index (χ1v) is 4.69. The summed E-state index contributed by atoms with van der Waals surface area (Å²) in [6, 6.07) is 0. The van der Waals surface area contributed by atoms with Gasteiger partial charge in [-0.25, -0.2) is 0 Å². The molecule has 0 heterocycles. The lowest BCUT2D eigenvalue weighted by Gasteiger charge is -1.80. The molecule has 0 amide bonds. The molecule has 2 unspecified atom stereocenters. The Balaban J connectivity index is -0.0000000675. The van der Waals surface area contributed by atoms with Gasteiger partial charge >= 0.3 is 35.8 Å². The summed E-state index contributed by atoms with van der Waals surface area (Å²) < 4.78 is 0. The lowest BCUT2D eigenvalue weighted by atomic mass is 10.5. The highest BCUT2D eigenvalue weighted by atomic mass is 31.0. The van der Waals surface area contributed by atoms with Gasteiger partial charge in [0.1, 0.15) is 19.3 Å². The highest BCUT2D eigenvalue weighted by Crippen LogP contribution is 1.75. The van der Waals surface area contributed by atoms with E-state index in [0.717, 1.165) is 0 Å². The number of hydrogen-bond donors (Lipinski definition) is 6. The topological polar surface area (TPSA) is 224 Å². The monoisotopic (exact) mass is 380 g/mol. The third-order valence-electron chi connectivity index (χ3n) is 0.907. The van der Waals surface area contributed by atoms with Gasteiger partial charge in [0.25, 0.3) is 0 Å². The number of carboxylic acid groups (broad SMARTS) is 6. The van der Waals surface area contributed by atoms with E-state index in [2.05, 4.69) is 0 Å². The molecular formula is C9H18O12P2. The van der Waals surface area contributed by atoms with Crippen molar-refractivity contribution in [3.05, 3.63) is 0 Å². The largest absolute Gasteiger partial charge is 0.481 e. The normalized spacial score (nSPS) is 7.30. The molecule has 0 bridgehead atoms. The molecule has 0 aliphatic rings. The zero-order valence-corrected chi connectivity index (χ0v) is 14.5. The zero-order chi connectivity index (χ0) is 17.6. The van der Waals surface area contributed by atoms with Gasteiger partial charge in [-0.15, -0.1) is 0 Å². The summed E-state index contributed by atoms with van der Waals surface area (Å²) in [6.45, 7) is 0. The van der Waals surface area contributed by atoms with Gasteiger partial charge in [-0.2, -0.15) is 19.8 Å². The minimum absolute atomic E-state index is 0. The van der Waals surface area contributed by atoms with E-state index in [1.165, 1.54) is 0 Å². The summed E-state index contributed by atoms with van der Waals surface area (Å²) >= 11 is 0. The Morgan fingerprint density at radius 1 is 0.391 bits per heavy atom. The summed E-state index contributed by atoms with van der Waals surface area (Å²) in [7, 11) is 0. The predicted molar refractivity (Wildman–Crippen MR) is 81.9 cm³/mol. The molecule has 0 aliphatic carbocycles. The molecule has 0 rings (SSSR count). The second-order valence-electron chi connectivity index (χ2n) is 2.89. The van der Waals surface area contributed by atoms with Crippen molar-refractivity contribution in [3.63, 3.8) is 0 Å². The van der Waals surface area contributed by atoms with Crippen molar-refractivity contribution in [1.29, 1.82) is 0 Å². The van der Waals surface area contributed by atoms with Gasteiger partial charge in [-0.05, 0) is 0 Å². The highest BCUT2D eigenvalue weighted by Gasteiger charge is 2.02. The van der Waals surface area contributed by atoms with Gasteiger partial charge in [-0.1, -0.05) is 0 Å². The summed E-state index contributed by atoms with van der Waals surface area (Å²) in [5.41, 5.74) is 0. The van der Waals surface area contributed by atoms with Crippen molar-refractivity contribution in [2.45, 2.75) is 19.3 Å². The lowest BCUT2D eigenvalue weighted by Crippen LogP contribution is -2.03. The van der Waals surface area contributed by atoms with Crippen molar-refractivity contribution in [2.24, 2.45) is 0 Å². The van der Waals surface area contributed by atoms with Crippen LogP contribution in [0.1, 0.15) is 19.3 Å². The molecule has 23 heavy (non-hydrogen) atoms. The molecule has 0 radical (unpaired) electrons. The Labute approximate surface area is 135 Å². The standard InChI is InChI=1S/3C3H4O4.2H3P/c3*4-2(5)1-3(6)7;;/h3*1H2,(H,4,5)(H,6,7);2*1H3. The van der Waals surface area contributed by atoms with Crippen LogP contribution in [0.5, 0.6) is 0 Å². The van der Waals surface area contributed by atoms with Gasteiger partial charge in [-0.3, -0.25) is 28.8 Å². The van der Waals surface area contributed by atoms with Crippen LogP contribution in [0.4, 0.5) is 0 Å². The maximum atomic E-state index is 9.43. The molecule has 0 aromatic rings. The van der Waals surface area contributed by atoms with Crippen molar-refractivity contribution in [1.82, 2.24) is 0 Å². The van der Waals surface area contributed by atoms with Gasteiger partial charge in [0.2, 0.25) is 0 Å². The SMILES string of the molecule is O=C(O)CC(=O)O.O=C(O)CC(=O)O.O=C(O)CC(=O)O.P.P. The van der Waals surface area contributed by atoms with Gasteiger partial charge < -0.3 is 30.6 Å². The maximum Gasteiger partial charge on any atom is 0.314 e. The summed E-state index contributed by atoms with van der Waals surface area (Å²) in [5.74, 6) is -7.88. The minimum atomic E-state index is -1.31. The van der Waals surface area contributed by atoms with Crippen LogP contribution in [0.2, 0.25) is 0 Å². The van der Waals surface area contributed by atoms with Crippen molar-refractivity contribution in [3.8, 4) is 0 Å². The van der Waals surface area contributed by atoms with Crippen LogP contribution in [0, 0.1) is 0 Å². The van der Waals surface area contributed by atoms with Gasteiger partial charge in [0.05, 0.1) is 0 Å². The van der Waals surface area contributed by atoms with Crippen LogP contribution in [0.15, 0.2) is 0 Å². The fraction of sp³-hybridized carbons (Fsp3) is 0.333. The Hall–Kier alpha value is -2.32. The molecule has 12 nitrogen and oxygen atoms in total. The first-order chi connectivity index (χ1) is 9.38. The average molecular weight is 380 g/mol. The van der Waals surface area contributed by atoms with Crippen LogP contribution in [-0.4, -0.2) is 66.5 Å². The number of rotatable bonds is 6. The predicted octanol–water partition coefficient (Wildman–Crippen LogP) is -1.25. The van der Waals surface area contributed by atoms with E-state index >= 15 is 0 Å². The fourth-order valence-corrected chi connectivity index (χ4v) is 0.388. The van der Waals surface area contributed by atoms with Crippen molar-refractivity contribution in [2.75, 3.05) is 0 Å². The van der Waals surface area contributed by atoms with E-state index in [1.807, 2.05) is 0 Å². The molecule has 0 fully saturated rings. The maximum absolute atomic E-state index is 9.43. The smallest absolute Gasteiger partial charge is 0.314 e. The molecule has 6 N–H and O–H groups in total. The van der Waals surface area contributed by atoms with Gasteiger partial charge in [0.15, 0.2) is 0 Å². The Bertz CT molecular complexity index is 321. The Morgan fingerprint density at radius 2 is 0.478 bits per heavy atom. The molecule has 0 saturated heterocycles. The number of hydrogen-bond acceptors (Lipinski definition) is 6. The van der Waals surface area contributed by atoms with E-state index in [9.17, 15) is 28.8 Å². The summed E-state index contributed by atoms with van der Waals surface area (Å²) in [6.07, 6.45) is -2.42. The van der Waals surface area contributed by atoms with Crippen molar-refractivity contribution < 1.29 is 59.4 Å². The lowest BCUT2D eigenvalue weighted by molar-refractivity contribution is -0.149. The van der Waals surface area contributed by atoms with Gasteiger partial charge in [0, 0.05) is 0 Å². The van der Waals surface area contributed by atoms with E-state index < -0.39 is 55.1 Å². The van der Waals surface area contributed by atoms with E-state index in [4.69, 9.17) is 30.6 Å². The summed E-state index contributed by atoms with van der Waals surface area (Å²) in [4.78, 5) is 56.6. The van der Waals surface area contributed by atoms with Crippen LogP contribution in [0.25, 0.3) is 0 Å². The van der Waals surface area contributed by atoms with Crippen LogP contribution in [-0.2, 0) is 28.8 Å². The van der Waals surface area contributed by atoms with E-state index in [1.54, 1.807) is 0 Å². The quantitative estimate of drug-likeness (QED) is 0.235. The number of carboxylic acids is 6. The molecule has 2 atom stereocenters. The first kappa shape index (κ1) is 32.6. The molecule has 136 valence electrons. The fourth-order valence-electron chi connectivity index (χ4n) is 0.388. The van der Waals surface area contributed by atoms with Crippen LogP contribution < -0.4 is 0 Å². The van der Waals surface area contributed by atoms with Crippen molar-refractivity contribution >= 4 is 55.6 Å². The minimum Gasteiger partial charge on any atom is -0.481 e. The second-order valence-corrected chi connectivity index (χ2v) is 2.89. The Morgan fingerprint density at radius 3 is 0.478 bits per heavy atom. The average Bonchev–Trinajstić information content (AvgIpc) is 2.10. The third-order valence-corrected chi connectivity index (χ3v) is 0.907. The zero-order valence-electron chi connectivity index (χ0n) is 11.7. The second kappa shape index (κ2) is 19.7. The molecule has 14 heteroatoms. The molecule has 0 aliphatic heterocycles. The first-order valence-electron chi connectivity index (χ1n) is 4.69. The third kappa shape index (κ3) is 65.7. The van der Waals surface area contributed by atoms with E-state index in [-0.39, 0.29) is 19.8 Å². The van der Waals surface area contributed by atoms with Crippen LogP contribution >= 0.6 is 19.8 Å². The number of carbonyl (C=O) groups is 6.